The van der Waals surface area contributed by atoms with Crippen LogP contribution in [-0.2, 0) is 0 Å². The van der Waals surface area contributed by atoms with Crippen molar-refractivity contribution in [2.75, 3.05) is 13.1 Å². The minimum atomic E-state index is 0.131. The number of carbonyl (C=O) groups excluding carboxylic acids is 1. The maximum absolute atomic E-state index is 12.7. The smallest absolute Gasteiger partial charge is 0.274 e. The van der Waals surface area contributed by atoms with E-state index >= 15 is 0 Å². The minimum absolute atomic E-state index is 0.131. The molecule has 114 valence electrons. The van der Waals surface area contributed by atoms with Gasteiger partial charge < -0.3 is 4.90 Å². The normalized spacial score (nSPS) is 34.5. The molecular formula is C17H25N3O. The van der Waals surface area contributed by atoms with Crippen molar-refractivity contribution >= 4 is 5.91 Å². The van der Waals surface area contributed by atoms with E-state index in [9.17, 15) is 4.79 Å². The van der Waals surface area contributed by atoms with Crippen LogP contribution in [0.4, 0.5) is 0 Å². The fraction of sp³-hybridized carbons (Fsp3) is 0.765. The monoisotopic (exact) mass is 287 g/mol. The Labute approximate surface area is 126 Å². The molecule has 3 aliphatic carbocycles. The number of hydrogen-bond donors (Lipinski definition) is 1. The SMILES string of the molecule is CC(C)c1cc(C(=O)N2C[C@@H]3C4CCC(CC4)[C@@H]3C2)n[nH]1. The molecule has 21 heavy (non-hydrogen) atoms. The second kappa shape index (κ2) is 4.85. The van der Waals surface area contributed by atoms with Crippen molar-refractivity contribution < 1.29 is 4.79 Å². The number of likely N-dealkylation sites (tertiary alicyclic amines) is 1. The quantitative estimate of drug-likeness (QED) is 0.909. The van der Waals surface area contributed by atoms with E-state index in [0.29, 0.717) is 11.6 Å². The number of fused-ring (bicyclic) bond motifs is 2. The molecule has 2 bridgehead atoms. The molecule has 4 heteroatoms. The summed E-state index contributed by atoms with van der Waals surface area (Å²) >= 11 is 0. The van der Waals surface area contributed by atoms with Crippen molar-refractivity contribution in [1.29, 1.82) is 0 Å². The Bertz CT molecular complexity index is 522. The Morgan fingerprint density at radius 2 is 1.76 bits per heavy atom. The maximum atomic E-state index is 12.7. The van der Waals surface area contributed by atoms with Crippen molar-refractivity contribution in [1.82, 2.24) is 15.1 Å². The van der Waals surface area contributed by atoms with Crippen molar-refractivity contribution in [2.45, 2.75) is 45.4 Å². The van der Waals surface area contributed by atoms with Gasteiger partial charge in [0.2, 0.25) is 0 Å². The van der Waals surface area contributed by atoms with Crippen LogP contribution in [0, 0.1) is 23.7 Å². The summed E-state index contributed by atoms with van der Waals surface area (Å²) in [6, 6.07) is 1.93. The lowest BCUT2D eigenvalue weighted by molar-refractivity contribution is 0.0577. The molecule has 3 saturated carbocycles. The Kier molecular flexibility index (Phi) is 3.09. The zero-order valence-corrected chi connectivity index (χ0v) is 13.0. The first-order chi connectivity index (χ1) is 10.1. The van der Waals surface area contributed by atoms with Gasteiger partial charge in [-0.15, -0.1) is 0 Å². The predicted molar refractivity (Wildman–Crippen MR) is 81.0 cm³/mol. The molecule has 1 saturated heterocycles. The van der Waals surface area contributed by atoms with E-state index in [1.807, 2.05) is 6.07 Å². The van der Waals surface area contributed by atoms with E-state index in [2.05, 4.69) is 28.9 Å². The van der Waals surface area contributed by atoms with E-state index in [-0.39, 0.29) is 5.91 Å². The number of aromatic amines is 1. The maximum Gasteiger partial charge on any atom is 0.274 e. The highest BCUT2D eigenvalue weighted by Gasteiger charge is 2.49. The second-order valence-electron chi connectivity index (χ2n) is 7.58. The number of nitrogens with one attached hydrogen (secondary N) is 1. The number of carbonyl (C=O) groups is 1. The fourth-order valence-corrected chi connectivity index (χ4v) is 4.92. The summed E-state index contributed by atoms with van der Waals surface area (Å²) < 4.78 is 0. The van der Waals surface area contributed by atoms with Crippen molar-refractivity contribution in [3.63, 3.8) is 0 Å². The number of amides is 1. The van der Waals surface area contributed by atoms with Crippen molar-refractivity contribution in [3.05, 3.63) is 17.5 Å². The summed E-state index contributed by atoms with van der Waals surface area (Å²) in [5.74, 6) is 3.81. The molecule has 2 heterocycles. The highest BCUT2D eigenvalue weighted by atomic mass is 16.2. The summed E-state index contributed by atoms with van der Waals surface area (Å²) in [5.41, 5.74) is 1.65. The van der Waals surface area contributed by atoms with E-state index in [1.165, 1.54) is 25.7 Å². The first-order valence-electron chi connectivity index (χ1n) is 8.48. The number of rotatable bonds is 2. The summed E-state index contributed by atoms with van der Waals surface area (Å²) in [6.45, 7) is 6.16. The summed E-state index contributed by atoms with van der Waals surface area (Å²) in [5, 5.41) is 7.24. The number of hydrogen-bond acceptors (Lipinski definition) is 2. The van der Waals surface area contributed by atoms with Gasteiger partial charge in [-0.25, -0.2) is 0 Å². The van der Waals surface area contributed by atoms with Crippen LogP contribution in [-0.4, -0.2) is 34.1 Å². The molecule has 4 fully saturated rings. The zero-order chi connectivity index (χ0) is 14.6. The van der Waals surface area contributed by atoms with Gasteiger partial charge in [0.1, 0.15) is 5.69 Å². The Hall–Kier alpha value is -1.32. The lowest BCUT2D eigenvalue weighted by Crippen LogP contribution is -2.38. The first-order valence-corrected chi connectivity index (χ1v) is 8.48. The summed E-state index contributed by atoms with van der Waals surface area (Å²) in [4.78, 5) is 14.8. The highest BCUT2D eigenvalue weighted by molar-refractivity contribution is 5.92. The molecule has 0 spiro atoms. The molecule has 4 aliphatic rings. The summed E-state index contributed by atoms with van der Waals surface area (Å²) in [7, 11) is 0. The zero-order valence-electron chi connectivity index (χ0n) is 13.0. The average molecular weight is 287 g/mol. The van der Waals surface area contributed by atoms with E-state index < -0.39 is 0 Å². The van der Waals surface area contributed by atoms with Crippen LogP contribution in [0.1, 0.15) is 61.6 Å². The van der Waals surface area contributed by atoms with Gasteiger partial charge in [0.25, 0.3) is 5.91 Å². The standard InChI is InChI=1S/C17H25N3O/c1-10(2)15-7-16(19-18-15)17(21)20-8-13-11-3-4-12(6-5-11)14(13)9-20/h7,10-14H,3-6,8-9H2,1-2H3,(H,18,19)/t11?,12?,13-,14+. The van der Waals surface area contributed by atoms with Crippen molar-refractivity contribution in [2.24, 2.45) is 23.7 Å². The molecule has 5 rings (SSSR count). The molecule has 0 unspecified atom stereocenters. The van der Waals surface area contributed by atoms with E-state index in [0.717, 1.165) is 42.5 Å². The van der Waals surface area contributed by atoms with Crippen LogP contribution in [0.3, 0.4) is 0 Å². The Balaban J connectivity index is 1.51. The van der Waals surface area contributed by atoms with Crippen LogP contribution in [0.2, 0.25) is 0 Å². The van der Waals surface area contributed by atoms with Gasteiger partial charge >= 0.3 is 0 Å². The molecule has 1 amide bonds. The third-order valence-corrected chi connectivity index (χ3v) is 6.17. The predicted octanol–water partition coefficient (Wildman–Crippen LogP) is 3.04. The third-order valence-electron chi connectivity index (χ3n) is 6.17. The molecule has 0 radical (unpaired) electrons. The van der Waals surface area contributed by atoms with Gasteiger partial charge in [-0.1, -0.05) is 13.8 Å². The lowest BCUT2D eigenvalue weighted by Gasteiger charge is -2.44. The van der Waals surface area contributed by atoms with Crippen LogP contribution in [0.15, 0.2) is 6.07 Å². The molecule has 1 aliphatic heterocycles. The van der Waals surface area contributed by atoms with Crippen LogP contribution in [0.5, 0.6) is 0 Å². The van der Waals surface area contributed by atoms with Gasteiger partial charge in [-0.05, 0) is 61.3 Å². The molecule has 1 aromatic heterocycles. The largest absolute Gasteiger partial charge is 0.337 e. The summed E-state index contributed by atoms with van der Waals surface area (Å²) in [6.07, 6.45) is 5.59. The molecule has 0 aromatic carbocycles. The van der Waals surface area contributed by atoms with E-state index in [1.54, 1.807) is 0 Å². The topological polar surface area (TPSA) is 49.0 Å². The fourth-order valence-electron chi connectivity index (χ4n) is 4.92. The van der Waals surface area contributed by atoms with Gasteiger partial charge in [0.15, 0.2) is 0 Å². The third kappa shape index (κ3) is 2.11. The van der Waals surface area contributed by atoms with E-state index in [4.69, 9.17) is 0 Å². The Morgan fingerprint density at radius 3 is 2.24 bits per heavy atom. The number of nitrogens with zero attached hydrogens (tertiary/aromatic N) is 2. The van der Waals surface area contributed by atoms with Gasteiger partial charge in [-0.2, -0.15) is 5.10 Å². The Morgan fingerprint density at radius 1 is 1.19 bits per heavy atom. The van der Waals surface area contributed by atoms with Crippen LogP contribution >= 0.6 is 0 Å². The molecule has 1 aromatic rings. The number of H-pyrrole nitrogens is 1. The molecule has 1 N–H and O–H groups in total. The average Bonchev–Trinajstić information content (AvgIpc) is 3.16. The van der Waals surface area contributed by atoms with Crippen molar-refractivity contribution in [3.8, 4) is 0 Å². The first kappa shape index (κ1) is 13.4. The van der Waals surface area contributed by atoms with Gasteiger partial charge in [-0.3, -0.25) is 9.89 Å². The molecule has 4 nitrogen and oxygen atoms in total. The van der Waals surface area contributed by atoms with Crippen LogP contribution < -0.4 is 0 Å². The second-order valence-corrected chi connectivity index (χ2v) is 7.58. The number of aromatic nitrogens is 2. The van der Waals surface area contributed by atoms with Gasteiger partial charge in [0.05, 0.1) is 0 Å². The van der Waals surface area contributed by atoms with Gasteiger partial charge in [0, 0.05) is 18.8 Å². The highest BCUT2D eigenvalue weighted by Crippen LogP contribution is 2.51. The molecular weight excluding hydrogens is 262 g/mol. The molecule has 2 atom stereocenters. The lowest BCUT2D eigenvalue weighted by atomic mass is 9.60. The minimum Gasteiger partial charge on any atom is -0.337 e. The van der Waals surface area contributed by atoms with Crippen LogP contribution in [0.25, 0.3) is 0 Å².